The van der Waals surface area contributed by atoms with Crippen LogP contribution >= 0.6 is 0 Å². The minimum atomic E-state index is -0.0244. The molecule has 1 amide bonds. The number of hydrogen-bond acceptors (Lipinski definition) is 2. The average Bonchev–Trinajstić information content (AvgIpc) is 3.12. The number of para-hydroxylation sites is 1. The van der Waals surface area contributed by atoms with Crippen molar-refractivity contribution in [3.8, 4) is 0 Å². The van der Waals surface area contributed by atoms with Gasteiger partial charge in [0.05, 0.1) is 6.42 Å². The van der Waals surface area contributed by atoms with Crippen LogP contribution in [0.3, 0.4) is 0 Å². The maximum Gasteiger partial charge on any atom is 0.228 e. The van der Waals surface area contributed by atoms with Crippen LogP contribution in [0.15, 0.2) is 85.1 Å². The summed E-state index contributed by atoms with van der Waals surface area (Å²) in [5, 5.41) is 7.39. The van der Waals surface area contributed by atoms with E-state index in [0.29, 0.717) is 6.42 Å². The standard InChI is InChI=1S/C22H19N3O/c26-22(15-16-6-11-21-17(14-16)12-13-23-21)25-20-9-7-19(8-10-20)24-18-4-2-1-3-5-18/h1-14,23-24H,15H2,(H,25,26). The number of carbonyl (C=O) groups is 1. The van der Waals surface area contributed by atoms with Gasteiger partial charge in [-0.1, -0.05) is 24.3 Å². The molecule has 4 nitrogen and oxygen atoms in total. The SMILES string of the molecule is O=C(Cc1ccc2[nH]ccc2c1)Nc1ccc(Nc2ccccc2)cc1. The summed E-state index contributed by atoms with van der Waals surface area (Å²) in [5.74, 6) is -0.0244. The number of aromatic nitrogens is 1. The van der Waals surface area contributed by atoms with Gasteiger partial charge in [0.1, 0.15) is 0 Å². The second-order valence-corrected chi connectivity index (χ2v) is 6.19. The van der Waals surface area contributed by atoms with Crippen molar-refractivity contribution < 1.29 is 4.79 Å². The number of nitrogens with one attached hydrogen (secondary N) is 3. The second kappa shape index (κ2) is 7.15. The molecule has 3 aromatic carbocycles. The van der Waals surface area contributed by atoms with E-state index in [9.17, 15) is 4.79 Å². The van der Waals surface area contributed by atoms with E-state index in [1.54, 1.807) is 0 Å². The molecule has 0 bridgehead atoms. The molecule has 26 heavy (non-hydrogen) atoms. The van der Waals surface area contributed by atoms with Crippen LogP contribution in [-0.2, 0) is 11.2 Å². The van der Waals surface area contributed by atoms with Crippen molar-refractivity contribution in [3.05, 3.63) is 90.6 Å². The quantitative estimate of drug-likeness (QED) is 0.473. The Hall–Kier alpha value is -3.53. The van der Waals surface area contributed by atoms with Crippen molar-refractivity contribution in [2.75, 3.05) is 10.6 Å². The first-order valence-electron chi connectivity index (χ1n) is 8.54. The van der Waals surface area contributed by atoms with Gasteiger partial charge in [-0.3, -0.25) is 4.79 Å². The number of anilines is 3. The van der Waals surface area contributed by atoms with Crippen LogP contribution < -0.4 is 10.6 Å². The summed E-state index contributed by atoms with van der Waals surface area (Å²) in [6.45, 7) is 0. The van der Waals surface area contributed by atoms with Crippen molar-refractivity contribution in [2.24, 2.45) is 0 Å². The van der Waals surface area contributed by atoms with E-state index in [1.807, 2.05) is 85.1 Å². The van der Waals surface area contributed by atoms with E-state index in [4.69, 9.17) is 0 Å². The van der Waals surface area contributed by atoms with Gasteiger partial charge in [-0.25, -0.2) is 0 Å². The molecule has 0 aliphatic heterocycles. The van der Waals surface area contributed by atoms with Gasteiger partial charge in [0, 0.05) is 28.8 Å². The zero-order valence-electron chi connectivity index (χ0n) is 14.2. The van der Waals surface area contributed by atoms with E-state index in [2.05, 4.69) is 15.6 Å². The largest absolute Gasteiger partial charge is 0.361 e. The summed E-state index contributed by atoms with van der Waals surface area (Å²) < 4.78 is 0. The van der Waals surface area contributed by atoms with E-state index in [0.717, 1.165) is 33.5 Å². The summed E-state index contributed by atoms with van der Waals surface area (Å²) in [7, 11) is 0. The van der Waals surface area contributed by atoms with Crippen LogP contribution in [0.4, 0.5) is 17.1 Å². The number of rotatable bonds is 5. The van der Waals surface area contributed by atoms with E-state index in [-0.39, 0.29) is 5.91 Å². The molecule has 0 atom stereocenters. The van der Waals surface area contributed by atoms with Gasteiger partial charge in [0.15, 0.2) is 0 Å². The van der Waals surface area contributed by atoms with E-state index < -0.39 is 0 Å². The Morgan fingerprint density at radius 1 is 0.808 bits per heavy atom. The summed E-state index contributed by atoms with van der Waals surface area (Å²) in [4.78, 5) is 15.5. The second-order valence-electron chi connectivity index (χ2n) is 6.19. The van der Waals surface area contributed by atoms with Gasteiger partial charge in [-0.15, -0.1) is 0 Å². The first-order valence-corrected chi connectivity index (χ1v) is 8.54. The smallest absolute Gasteiger partial charge is 0.228 e. The highest BCUT2D eigenvalue weighted by Crippen LogP contribution is 2.19. The molecule has 0 unspecified atom stereocenters. The average molecular weight is 341 g/mol. The lowest BCUT2D eigenvalue weighted by atomic mass is 10.1. The van der Waals surface area contributed by atoms with Crippen molar-refractivity contribution in [1.82, 2.24) is 4.98 Å². The molecule has 4 rings (SSSR count). The Labute approximate surface area is 151 Å². The highest BCUT2D eigenvalue weighted by molar-refractivity contribution is 5.93. The number of carbonyl (C=O) groups excluding carboxylic acids is 1. The topological polar surface area (TPSA) is 56.9 Å². The normalized spacial score (nSPS) is 10.6. The molecular weight excluding hydrogens is 322 g/mol. The lowest BCUT2D eigenvalue weighted by molar-refractivity contribution is -0.115. The Kier molecular flexibility index (Phi) is 4.39. The third kappa shape index (κ3) is 3.75. The molecule has 0 saturated carbocycles. The Balaban J connectivity index is 1.38. The summed E-state index contributed by atoms with van der Waals surface area (Å²) in [6, 6.07) is 25.7. The summed E-state index contributed by atoms with van der Waals surface area (Å²) in [5.41, 5.74) is 4.88. The molecule has 0 aliphatic carbocycles. The Morgan fingerprint density at radius 3 is 2.35 bits per heavy atom. The van der Waals surface area contributed by atoms with E-state index in [1.165, 1.54) is 0 Å². The molecule has 0 radical (unpaired) electrons. The summed E-state index contributed by atoms with van der Waals surface area (Å²) >= 11 is 0. The van der Waals surface area contributed by atoms with Crippen LogP contribution in [0.5, 0.6) is 0 Å². The number of H-pyrrole nitrogens is 1. The van der Waals surface area contributed by atoms with Gasteiger partial charge < -0.3 is 15.6 Å². The lowest BCUT2D eigenvalue weighted by Crippen LogP contribution is -2.14. The predicted octanol–water partition coefficient (Wildman–Crippen LogP) is 5.09. The zero-order chi connectivity index (χ0) is 17.8. The van der Waals surface area contributed by atoms with Crippen molar-refractivity contribution in [2.45, 2.75) is 6.42 Å². The minimum absolute atomic E-state index is 0.0244. The molecule has 0 saturated heterocycles. The molecule has 1 heterocycles. The van der Waals surface area contributed by atoms with Crippen molar-refractivity contribution in [1.29, 1.82) is 0 Å². The highest BCUT2D eigenvalue weighted by atomic mass is 16.1. The monoisotopic (exact) mass is 341 g/mol. The van der Waals surface area contributed by atoms with Crippen molar-refractivity contribution >= 4 is 33.9 Å². The maximum absolute atomic E-state index is 12.3. The van der Waals surface area contributed by atoms with Crippen molar-refractivity contribution in [3.63, 3.8) is 0 Å². The fourth-order valence-electron chi connectivity index (χ4n) is 2.93. The molecule has 1 aromatic heterocycles. The molecule has 128 valence electrons. The number of benzene rings is 3. The Morgan fingerprint density at radius 2 is 1.54 bits per heavy atom. The van der Waals surface area contributed by atoms with Gasteiger partial charge in [-0.05, 0) is 65.5 Å². The number of amides is 1. The molecule has 0 fully saturated rings. The number of hydrogen-bond donors (Lipinski definition) is 3. The molecule has 0 spiro atoms. The van der Waals surface area contributed by atoms with Crippen LogP contribution in [-0.4, -0.2) is 10.9 Å². The molecule has 3 N–H and O–H groups in total. The van der Waals surface area contributed by atoms with Gasteiger partial charge in [0.25, 0.3) is 0 Å². The van der Waals surface area contributed by atoms with Gasteiger partial charge in [-0.2, -0.15) is 0 Å². The third-order valence-electron chi connectivity index (χ3n) is 4.21. The van der Waals surface area contributed by atoms with Crippen LogP contribution in [0.25, 0.3) is 10.9 Å². The predicted molar refractivity (Wildman–Crippen MR) is 107 cm³/mol. The van der Waals surface area contributed by atoms with Gasteiger partial charge in [0.2, 0.25) is 5.91 Å². The zero-order valence-corrected chi connectivity index (χ0v) is 14.2. The maximum atomic E-state index is 12.3. The molecule has 4 heteroatoms. The fraction of sp³-hybridized carbons (Fsp3) is 0.0455. The lowest BCUT2D eigenvalue weighted by Gasteiger charge is -2.09. The van der Waals surface area contributed by atoms with Crippen LogP contribution in [0.2, 0.25) is 0 Å². The fourth-order valence-corrected chi connectivity index (χ4v) is 2.93. The first kappa shape index (κ1) is 16.0. The van der Waals surface area contributed by atoms with Crippen LogP contribution in [0, 0.1) is 0 Å². The molecule has 0 aliphatic rings. The molecular formula is C22H19N3O. The summed E-state index contributed by atoms with van der Waals surface area (Å²) in [6.07, 6.45) is 2.25. The third-order valence-corrected chi connectivity index (χ3v) is 4.21. The van der Waals surface area contributed by atoms with Crippen LogP contribution in [0.1, 0.15) is 5.56 Å². The van der Waals surface area contributed by atoms with E-state index >= 15 is 0 Å². The number of aromatic amines is 1. The van der Waals surface area contributed by atoms with Gasteiger partial charge >= 0.3 is 0 Å². The molecule has 4 aromatic rings. The number of fused-ring (bicyclic) bond motifs is 1. The Bertz CT molecular complexity index is 1020. The first-order chi connectivity index (χ1) is 12.8. The highest BCUT2D eigenvalue weighted by Gasteiger charge is 2.06. The minimum Gasteiger partial charge on any atom is -0.361 e.